The van der Waals surface area contributed by atoms with E-state index in [9.17, 15) is 17.6 Å². The standard InChI is InChI=1S/C18H19ClFN3O3S/c19-14-5-7-15(8-6-14)21-18(24)13-22-9-11-23(12-10-22)27(25,26)17-4-2-1-3-16(17)20/h1-8H,9-13H2,(H,21,24)/p+1. The fourth-order valence-corrected chi connectivity index (χ4v) is 4.61. The SMILES string of the molecule is O=C(C[NH+]1CCN(S(=O)(=O)c2ccccc2F)CC1)Nc1ccc(Cl)cc1. The van der Waals surface area contributed by atoms with Crippen LogP contribution in [-0.4, -0.2) is 51.4 Å². The lowest BCUT2D eigenvalue weighted by Gasteiger charge is -2.31. The molecule has 2 N–H and O–H groups in total. The van der Waals surface area contributed by atoms with E-state index in [1.165, 1.54) is 22.5 Å². The summed E-state index contributed by atoms with van der Waals surface area (Å²) >= 11 is 5.81. The van der Waals surface area contributed by atoms with Gasteiger partial charge in [0.15, 0.2) is 6.54 Å². The first-order valence-corrected chi connectivity index (χ1v) is 10.3. The first kappa shape index (κ1) is 19.8. The van der Waals surface area contributed by atoms with Crippen LogP contribution in [0.2, 0.25) is 5.02 Å². The highest BCUT2D eigenvalue weighted by Crippen LogP contribution is 2.18. The number of benzene rings is 2. The van der Waals surface area contributed by atoms with Crippen molar-refractivity contribution in [1.82, 2.24) is 4.31 Å². The third-order valence-electron chi connectivity index (χ3n) is 4.42. The van der Waals surface area contributed by atoms with Crippen molar-refractivity contribution in [2.45, 2.75) is 4.90 Å². The summed E-state index contributed by atoms with van der Waals surface area (Å²) in [5.41, 5.74) is 0.657. The van der Waals surface area contributed by atoms with Crippen molar-refractivity contribution < 1.29 is 22.5 Å². The summed E-state index contributed by atoms with van der Waals surface area (Å²) in [5, 5.41) is 3.38. The second kappa shape index (κ2) is 8.35. The molecule has 0 bridgehead atoms. The van der Waals surface area contributed by atoms with Gasteiger partial charge < -0.3 is 10.2 Å². The zero-order valence-electron chi connectivity index (χ0n) is 14.5. The molecular weight excluding hydrogens is 393 g/mol. The van der Waals surface area contributed by atoms with Gasteiger partial charge >= 0.3 is 0 Å². The van der Waals surface area contributed by atoms with E-state index in [-0.39, 0.29) is 30.4 Å². The molecule has 0 unspecified atom stereocenters. The van der Waals surface area contributed by atoms with Gasteiger partial charge in [0, 0.05) is 10.7 Å². The minimum atomic E-state index is -3.87. The molecule has 0 aromatic heterocycles. The first-order valence-electron chi connectivity index (χ1n) is 8.50. The van der Waals surface area contributed by atoms with Crippen molar-refractivity contribution in [2.24, 2.45) is 0 Å². The van der Waals surface area contributed by atoms with Crippen LogP contribution in [0.25, 0.3) is 0 Å². The highest BCUT2D eigenvalue weighted by molar-refractivity contribution is 7.89. The lowest BCUT2D eigenvalue weighted by Crippen LogP contribution is -3.15. The van der Waals surface area contributed by atoms with Crippen LogP contribution in [0.5, 0.6) is 0 Å². The van der Waals surface area contributed by atoms with Crippen molar-refractivity contribution in [3.8, 4) is 0 Å². The fourth-order valence-electron chi connectivity index (χ4n) is 2.98. The maximum Gasteiger partial charge on any atom is 0.279 e. The van der Waals surface area contributed by atoms with Crippen molar-refractivity contribution >= 4 is 33.2 Å². The second-order valence-corrected chi connectivity index (χ2v) is 8.66. The van der Waals surface area contributed by atoms with Crippen molar-refractivity contribution in [2.75, 3.05) is 38.0 Å². The third-order valence-corrected chi connectivity index (χ3v) is 6.61. The number of nitrogens with zero attached hydrogens (tertiary/aromatic N) is 1. The predicted molar refractivity (Wildman–Crippen MR) is 101 cm³/mol. The summed E-state index contributed by atoms with van der Waals surface area (Å²) in [6, 6.07) is 12.2. The number of hydrogen-bond acceptors (Lipinski definition) is 3. The number of hydrogen-bond donors (Lipinski definition) is 2. The number of anilines is 1. The summed E-state index contributed by atoms with van der Waals surface area (Å²) < 4.78 is 40.3. The van der Waals surface area contributed by atoms with Gasteiger partial charge in [-0.05, 0) is 36.4 Å². The minimum absolute atomic E-state index is 0.155. The molecule has 2 aromatic rings. The molecule has 0 aliphatic carbocycles. The van der Waals surface area contributed by atoms with E-state index in [0.29, 0.717) is 23.8 Å². The number of rotatable bonds is 5. The van der Waals surface area contributed by atoms with Crippen molar-refractivity contribution in [3.63, 3.8) is 0 Å². The predicted octanol–water partition coefficient (Wildman–Crippen LogP) is 1.01. The van der Waals surface area contributed by atoms with Gasteiger partial charge in [-0.3, -0.25) is 4.79 Å². The fraction of sp³-hybridized carbons (Fsp3) is 0.278. The minimum Gasteiger partial charge on any atom is -0.325 e. The van der Waals surface area contributed by atoms with E-state index in [1.807, 2.05) is 0 Å². The molecule has 0 atom stereocenters. The lowest BCUT2D eigenvalue weighted by atomic mass is 10.3. The van der Waals surface area contributed by atoms with Gasteiger partial charge in [0.2, 0.25) is 10.0 Å². The molecule has 0 radical (unpaired) electrons. The lowest BCUT2D eigenvalue weighted by molar-refractivity contribution is -0.895. The Morgan fingerprint density at radius 3 is 2.37 bits per heavy atom. The maximum atomic E-state index is 13.8. The zero-order chi connectivity index (χ0) is 19.4. The van der Waals surface area contributed by atoms with E-state index in [0.717, 1.165) is 11.0 Å². The monoisotopic (exact) mass is 412 g/mol. The summed E-state index contributed by atoms with van der Waals surface area (Å²) in [6.07, 6.45) is 0. The van der Waals surface area contributed by atoms with Gasteiger partial charge in [0.05, 0.1) is 26.2 Å². The van der Waals surface area contributed by atoms with E-state index in [2.05, 4.69) is 5.32 Å². The van der Waals surface area contributed by atoms with Crippen LogP contribution in [-0.2, 0) is 14.8 Å². The smallest absolute Gasteiger partial charge is 0.279 e. The second-order valence-electron chi connectivity index (χ2n) is 6.32. The van der Waals surface area contributed by atoms with E-state index in [4.69, 9.17) is 11.6 Å². The van der Waals surface area contributed by atoms with Gasteiger partial charge in [-0.15, -0.1) is 0 Å². The Hall–Kier alpha value is -2.00. The summed E-state index contributed by atoms with van der Waals surface area (Å²) in [7, 11) is -3.87. The van der Waals surface area contributed by atoms with E-state index < -0.39 is 15.8 Å². The molecule has 144 valence electrons. The van der Waals surface area contributed by atoms with E-state index >= 15 is 0 Å². The Balaban J connectivity index is 1.55. The number of halogens is 2. The van der Waals surface area contributed by atoms with Crippen molar-refractivity contribution in [3.05, 3.63) is 59.4 Å². The number of amides is 1. The highest BCUT2D eigenvalue weighted by atomic mass is 35.5. The van der Waals surface area contributed by atoms with Crippen LogP contribution in [0.15, 0.2) is 53.4 Å². The Labute approximate surface area is 162 Å². The van der Waals surface area contributed by atoms with Gasteiger partial charge in [0.25, 0.3) is 5.91 Å². The largest absolute Gasteiger partial charge is 0.325 e. The highest BCUT2D eigenvalue weighted by Gasteiger charge is 2.32. The molecule has 6 nitrogen and oxygen atoms in total. The topological polar surface area (TPSA) is 70.9 Å². The zero-order valence-corrected chi connectivity index (χ0v) is 16.1. The number of sulfonamides is 1. The van der Waals surface area contributed by atoms with E-state index in [1.54, 1.807) is 24.3 Å². The third kappa shape index (κ3) is 4.84. The summed E-state index contributed by atoms with van der Waals surface area (Å²) in [6.45, 7) is 1.65. The summed E-state index contributed by atoms with van der Waals surface area (Å²) in [4.78, 5) is 12.8. The molecule has 9 heteroatoms. The average Bonchev–Trinajstić information content (AvgIpc) is 2.64. The molecule has 1 aliphatic rings. The molecule has 0 spiro atoms. The Morgan fingerprint density at radius 2 is 1.74 bits per heavy atom. The molecule has 2 aromatic carbocycles. The number of quaternary nitrogens is 1. The van der Waals surface area contributed by atoms with Gasteiger partial charge in [-0.25, -0.2) is 12.8 Å². The van der Waals surface area contributed by atoms with Crippen LogP contribution in [0.3, 0.4) is 0 Å². The molecule has 0 saturated carbocycles. The number of piperazine rings is 1. The Bertz CT molecular complexity index is 914. The van der Waals surface area contributed by atoms with Crippen molar-refractivity contribution in [1.29, 1.82) is 0 Å². The van der Waals surface area contributed by atoms with Gasteiger partial charge in [-0.2, -0.15) is 4.31 Å². The van der Waals surface area contributed by atoms with Gasteiger partial charge in [-0.1, -0.05) is 23.7 Å². The van der Waals surface area contributed by atoms with Crippen LogP contribution >= 0.6 is 11.6 Å². The first-order chi connectivity index (χ1) is 12.9. The Morgan fingerprint density at radius 1 is 1.11 bits per heavy atom. The number of nitrogens with one attached hydrogen (secondary N) is 2. The molecule has 1 aliphatic heterocycles. The molecular formula is C18H20ClFN3O3S+. The average molecular weight is 413 g/mol. The summed E-state index contributed by atoms with van der Waals surface area (Å²) in [5.74, 6) is -0.910. The van der Waals surface area contributed by atoms with Crippen LogP contribution < -0.4 is 10.2 Å². The molecule has 27 heavy (non-hydrogen) atoms. The maximum absolute atomic E-state index is 13.8. The molecule has 1 heterocycles. The quantitative estimate of drug-likeness (QED) is 0.770. The molecule has 1 fully saturated rings. The van der Waals surface area contributed by atoms with Crippen LogP contribution in [0.1, 0.15) is 0 Å². The number of carbonyl (C=O) groups excluding carboxylic acids is 1. The molecule has 1 amide bonds. The van der Waals surface area contributed by atoms with Crippen LogP contribution in [0.4, 0.5) is 10.1 Å². The Kier molecular flexibility index (Phi) is 6.11. The number of carbonyl (C=O) groups is 1. The van der Waals surface area contributed by atoms with Gasteiger partial charge in [0.1, 0.15) is 10.7 Å². The normalized spacial score (nSPS) is 16.2. The van der Waals surface area contributed by atoms with Crippen LogP contribution in [0, 0.1) is 5.82 Å². The molecule has 3 rings (SSSR count). The molecule has 1 saturated heterocycles.